The van der Waals surface area contributed by atoms with Crippen molar-refractivity contribution in [3.8, 4) is 0 Å². The summed E-state index contributed by atoms with van der Waals surface area (Å²) in [5.74, 6) is 0. The number of unbranched alkanes of at least 4 members (excludes halogenated alkanes) is 2. The van der Waals surface area contributed by atoms with Gasteiger partial charge in [-0.2, -0.15) is 8.42 Å². The van der Waals surface area contributed by atoms with Crippen LogP contribution in [0.3, 0.4) is 0 Å². The van der Waals surface area contributed by atoms with Gasteiger partial charge in [0.15, 0.2) is 0 Å². The Hall–Kier alpha value is -1.60. The first-order valence-corrected chi connectivity index (χ1v) is 9.50. The summed E-state index contributed by atoms with van der Waals surface area (Å²) >= 11 is 0. The van der Waals surface area contributed by atoms with Crippen molar-refractivity contribution in [1.82, 2.24) is 5.32 Å². The quantitative estimate of drug-likeness (QED) is 0.522. The van der Waals surface area contributed by atoms with Crippen molar-refractivity contribution in [3.05, 3.63) is 35.9 Å². The molecule has 1 aromatic rings. The van der Waals surface area contributed by atoms with Crippen molar-refractivity contribution in [2.45, 2.75) is 45.3 Å². The second-order valence-electron chi connectivity index (χ2n) is 5.48. The van der Waals surface area contributed by atoms with E-state index in [1.54, 1.807) is 0 Å². The molecule has 1 N–H and O–H groups in total. The molecule has 0 radical (unpaired) electrons. The van der Waals surface area contributed by atoms with E-state index in [2.05, 4.69) is 9.50 Å². The molecule has 0 fully saturated rings. The fourth-order valence-electron chi connectivity index (χ4n) is 1.98. The van der Waals surface area contributed by atoms with Crippen molar-refractivity contribution in [2.24, 2.45) is 0 Å². The van der Waals surface area contributed by atoms with Gasteiger partial charge in [-0.15, -0.1) is 0 Å². The SMILES string of the molecule is C[C@@H](CCCCCOS(C)(=O)=O)NC(=O)OCc1ccccc1. The number of benzene rings is 1. The fraction of sp³-hybridized carbons (Fsp3) is 0.562. The van der Waals surface area contributed by atoms with Gasteiger partial charge in [0.05, 0.1) is 12.9 Å². The lowest BCUT2D eigenvalue weighted by atomic mass is 10.1. The Labute approximate surface area is 138 Å². The van der Waals surface area contributed by atoms with Gasteiger partial charge in [0, 0.05) is 6.04 Å². The zero-order valence-electron chi connectivity index (χ0n) is 13.7. The summed E-state index contributed by atoms with van der Waals surface area (Å²) in [5.41, 5.74) is 0.946. The van der Waals surface area contributed by atoms with Crippen LogP contribution in [0.1, 0.15) is 38.2 Å². The fourth-order valence-corrected chi connectivity index (χ4v) is 2.40. The molecule has 0 saturated carbocycles. The first-order valence-electron chi connectivity index (χ1n) is 7.68. The summed E-state index contributed by atoms with van der Waals surface area (Å²) in [5, 5.41) is 2.78. The molecule has 0 saturated heterocycles. The predicted octanol–water partition coefficient (Wildman–Crippen LogP) is 2.84. The molecule has 1 amide bonds. The van der Waals surface area contributed by atoms with Crippen LogP contribution >= 0.6 is 0 Å². The number of ether oxygens (including phenoxy) is 1. The molecule has 0 bridgehead atoms. The van der Waals surface area contributed by atoms with Gasteiger partial charge in [0.2, 0.25) is 0 Å². The molecule has 0 spiro atoms. The highest BCUT2D eigenvalue weighted by Gasteiger charge is 2.08. The lowest BCUT2D eigenvalue weighted by Gasteiger charge is -2.14. The van der Waals surface area contributed by atoms with E-state index in [-0.39, 0.29) is 19.3 Å². The normalized spacial score (nSPS) is 12.6. The predicted molar refractivity (Wildman–Crippen MR) is 88.5 cm³/mol. The number of carbonyl (C=O) groups excluding carboxylic acids is 1. The topological polar surface area (TPSA) is 81.7 Å². The van der Waals surface area contributed by atoms with Crippen LogP contribution < -0.4 is 5.32 Å². The maximum atomic E-state index is 11.7. The largest absolute Gasteiger partial charge is 0.445 e. The Kier molecular flexibility index (Phi) is 8.65. The van der Waals surface area contributed by atoms with Crippen LogP contribution in [0.5, 0.6) is 0 Å². The maximum absolute atomic E-state index is 11.7. The molecule has 1 atom stereocenters. The van der Waals surface area contributed by atoms with Crippen molar-refractivity contribution >= 4 is 16.2 Å². The molecule has 1 rings (SSSR count). The van der Waals surface area contributed by atoms with E-state index in [0.717, 1.165) is 31.1 Å². The van der Waals surface area contributed by atoms with Crippen LogP contribution in [0.2, 0.25) is 0 Å². The molecule has 130 valence electrons. The average Bonchev–Trinajstić information content (AvgIpc) is 2.48. The molecule has 0 aliphatic heterocycles. The van der Waals surface area contributed by atoms with E-state index < -0.39 is 16.2 Å². The summed E-state index contributed by atoms with van der Waals surface area (Å²) in [6.45, 7) is 2.37. The van der Waals surface area contributed by atoms with Gasteiger partial charge >= 0.3 is 6.09 Å². The molecule has 0 aromatic heterocycles. The third-order valence-electron chi connectivity index (χ3n) is 3.16. The molecule has 23 heavy (non-hydrogen) atoms. The van der Waals surface area contributed by atoms with Gasteiger partial charge in [-0.3, -0.25) is 4.18 Å². The number of hydrogen-bond acceptors (Lipinski definition) is 5. The minimum Gasteiger partial charge on any atom is -0.445 e. The molecule has 0 aliphatic carbocycles. The summed E-state index contributed by atoms with van der Waals surface area (Å²) in [4.78, 5) is 11.7. The number of carbonyl (C=O) groups is 1. The van der Waals surface area contributed by atoms with Crippen molar-refractivity contribution in [2.75, 3.05) is 12.9 Å². The van der Waals surface area contributed by atoms with Gasteiger partial charge in [-0.05, 0) is 25.3 Å². The number of alkyl carbamates (subject to hydrolysis) is 1. The Morgan fingerprint density at radius 1 is 1.17 bits per heavy atom. The van der Waals surface area contributed by atoms with E-state index in [1.165, 1.54) is 0 Å². The highest BCUT2D eigenvalue weighted by molar-refractivity contribution is 7.85. The van der Waals surface area contributed by atoms with Crippen LogP contribution in [0.15, 0.2) is 30.3 Å². The van der Waals surface area contributed by atoms with E-state index in [4.69, 9.17) is 4.74 Å². The number of rotatable bonds is 10. The van der Waals surface area contributed by atoms with Crippen molar-refractivity contribution in [1.29, 1.82) is 0 Å². The van der Waals surface area contributed by atoms with Crippen molar-refractivity contribution in [3.63, 3.8) is 0 Å². The number of amides is 1. The Morgan fingerprint density at radius 2 is 1.87 bits per heavy atom. The maximum Gasteiger partial charge on any atom is 0.407 e. The standard InChI is InChI=1S/C16H25NO5S/c1-14(9-5-4-8-12-22-23(2,19)20)17-16(18)21-13-15-10-6-3-7-11-15/h3,6-7,10-11,14H,4-5,8-9,12-13H2,1-2H3,(H,17,18)/t14-/m0/s1. The molecule has 7 heteroatoms. The van der Waals surface area contributed by atoms with Crippen LogP contribution in [0.25, 0.3) is 0 Å². The monoisotopic (exact) mass is 343 g/mol. The van der Waals surface area contributed by atoms with Crippen LogP contribution in [0, 0.1) is 0 Å². The minimum atomic E-state index is -3.35. The Morgan fingerprint density at radius 3 is 2.52 bits per heavy atom. The van der Waals surface area contributed by atoms with Crippen LogP contribution in [-0.4, -0.2) is 33.4 Å². The molecule has 6 nitrogen and oxygen atoms in total. The summed E-state index contributed by atoms with van der Waals surface area (Å²) in [6, 6.07) is 9.51. The smallest absolute Gasteiger partial charge is 0.407 e. The first kappa shape index (κ1) is 19.4. The zero-order chi connectivity index (χ0) is 17.1. The van der Waals surface area contributed by atoms with Crippen LogP contribution in [-0.2, 0) is 25.6 Å². The zero-order valence-corrected chi connectivity index (χ0v) is 14.5. The number of nitrogens with one attached hydrogen (secondary N) is 1. The van der Waals surface area contributed by atoms with E-state index in [1.807, 2.05) is 37.3 Å². The van der Waals surface area contributed by atoms with Crippen LogP contribution in [0.4, 0.5) is 4.79 Å². The first-order chi connectivity index (χ1) is 10.9. The second kappa shape index (κ2) is 10.2. The van der Waals surface area contributed by atoms with Gasteiger partial charge in [0.1, 0.15) is 6.61 Å². The second-order valence-corrected chi connectivity index (χ2v) is 7.13. The molecular weight excluding hydrogens is 318 g/mol. The Balaban J connectivity index is 2.06. The third kappa shape index (κ3) is 10.7. The third-order valence-corrected chi connectivity index (χ3v) is 3.75. The summed E-state index contributed by atoms with van der Waals surface area (Å²) in [7, 11) is -3.35. The average molecular weight is 343 g/mol. The minimum absolute atomic E-state index is 0.00843. The van der Waals surface area contributed by atoms with Gasteiger partial charge in [0.25, 0.3) is 10.1 Å². The molecule has 0 heterocycles. The van der Waals surface area contributed by atoms with Gasteiger partial charge < -0.3 is 10.1 Å². The molecular formula is C16H25NO5S. The Bertz CT molecular complexity index is 559. The lowest BCUT2D eigenvalue weighted by Crippen LogP contribution is -2.32. The highest BCUT2D eigenvalue weighted by Crippen LogP contribution is 2.05. The number of hydrogen-bond donors (Lipinski definition) is 1. The van der Waals surface area contributed by atoms with E-state index in [9.17, 15) is 13.2 Å². The summed E-state index contributed by atoms with van der Waals surface area (Å²) < 4.78 is 31.3. The molecule has 1 aromatic carbocycles. The van der Waals surface area contributed by atoms with E-state index >= 15 is 0 Å². The summed E-state index contributed by atoms with van der Waals surface area (Å²) in [6.07, 6.45) is 3.83. The molecule has 0 aliphatic rings. The van der Waals surface area contributed by atoms with Crippen molar-refractivity contribution < 1.29 is 22.1 Å². The van der Waals surface area contributed by atoms with Gasteiger partial charge in [-0.1, -0.05) is 43.2 Å². The molecule has 0 unspecified atom stereocenters. The van der Waals surface area contributed by atoms with E-state index in [0.29, 0.717) is 6.42 Å². The lowest BCUT2D eigenvalue weighted by molar-refractivity contribution is 0.135. The van der Waals surface area contributed by atoms with Gasteiger partial charge in [-0.25, -0.2) is 4.79 Å². The highest BCUT2D eigenvalue weighted by atomic mass is 32.2.